The van der Waals surface area contributed by atoms with Gasteiger partial charge in [-0.1, -0.05) is 0 Å². The van der Waals surface area contributed by atoms with Crippen molar-refractivity contribution in [1.29, 1.82) is 0 Å². The van der Waals surface area contributed by atoms with Gasteiger partial charge in [0.2, 0.25) is 0 Å². The Morgan fingerprint density at radius 1 is 1.24 bits per heavy atom. The number of aliphatic hydroxyl groups is 1. The Bertz CT molecular complexity index is 577. The van der Waals surface area contributed by atoms with Gasteiger partial charge >= 0.3 is 12.0 Å². The summed E-state index contributed by atoms with van der Waals surface area (Å²) in [5.74, 6) is 0.342. The molecule has 0 radical (unpaired) electrons. The van der Waals surface area contributed by atoms with Crippen LogP contribution in [0.1, 0.15) is 19.3 Å². The van der Waals surface area contributed by atoms with Gasteiger partial charge < -0.3 is 30.0 Å². The Morgan fingerprint density at radius 2 is 1.96 bits per heavy atom. The fourth-order valence-corrected chi connectivity index (χ4v) is 2.73. The Balaban J connectivity index is 1.86. The minimum absolute atomic E-state index is 0.137. The SMILES string of the molecule is COC(=O)C[C@@H]1CC[C@H](NC(=O)Nc2ccc(OC)cc2)[C@@H](CO)O1. The van der Waals surface area contributed by atoms with Crippen molar-refractivity contribution in [2.75, 3.05) is 26.1 Å². The minimum atomic E-state index is -0.565. The van der Waals surface area contributed by atoms with Crippen molar-refractivity contribution in [1.82, 2.24) is 5.32 Å². The second-order valence-electron chi connectivity index (χ2n) is 5.77. The van der Waals surface area contributed by atoms with Crippen LogP contribution < -0.4 is 15.4 Å². The van der Waals surface area contributed by atoms with Gasteiger partial charge in [0.15, 0.2) is 0 Å². The molecule has 1 aromatic carbocycles. The number of esters is 1. The Kier molecular flexibility index (Phi) is 7.03. The molecule has 3 N–H and O–H groups in total. The van der Waals surface area contributed by atoms with Crippen molar-refractivity contribution in [2.45, 2.75) is 37.5 Å². The predicted molar refractivity (Wildman–Crippen MR) is 90.6 cm³/mol. The fourth-order valence-electron chi connectivity index (χ4n) is 2.73. The normalized spacial score (nSPS) is 22.8. The van der Waals surface area contributed by atoms with Crippen molar-refractivity contribution in [3.63, 3.8) is 0 Å². The highest BCUT2D eigenvalue weighted by atomic mass is 16.5. The first kappa shape index (κ1) is 19.0. The zero-order valence-corrected chi connectivity index (χ0v) is 14.4. The molecule has 138 valence electrons. The zero-order chi connectivity index (χ0) is 18.2. The van der Waals surface area contributed by atoms with Crippen molar-refractivity contribution in [3.05, 3.63) is 24.3 Å². The number of rotatable bonds is 6. The molecule has 8 nitrogen and oxygen atoms in total. The first-order chi connectivity index (χ1) is 12.0. The molecule has 8 heteroatoms. The molecule has 0 bridgehead atoms. The lowest BCUT2D eigenvalue weighted by Crippen LogP contribution is -2.52. The maximum atomic E-state index is 12.1. The standard InChI is InChI=1S/C17H24N2O6/c1-23-12-5-3-11(4-6-12)18-17(22)19-14-8-7-13(9-16(21)24-2)25-15(14)10-20/h3-6,13-15,20H,7-10H2,1-2H3,(H2,18,19,22)/t13-,14-,15+/m0/s1. The van der Waals surface area contributed by atoms with E-state index in [4.69, 9.17) is 9.47 Å². The van der Waals surface area contributed by atoms with Gasteiger partial charge in [0.05, 0.1) is 39.4 Å². The summed E-state index contributed by atoms with van der Waals surface area (Å²) in [4.78, 5) is 23.5. The van der Waals surface area contributed by atoms with E-state index in [0.717, 1.165) is 0 Å². The van der Waals surface area contributed by atoms with E-state index in [2.05, 4.69) is 15.4 Å². The summed E-state index contributed by atoms with van der Waals surface area (Å²) in [5, 5.41) is 15.0. The van der Waals surface area contributed by atoms with Crippen molar-refractivity contribution < 1.29 is 28.9 Å². The number of anilines is 1. The van der Waals surface area contributed by atoms with Crippen LogP contribution in [0.3, 0.4) is 0 Å². The summed E-state index contributed by atoms with van der Waals surface area (Å²) in [7, 11) is 2.89. The van der Waals surface area contributed by atoms with Gasteiger partial charge in [-0.2, -0.15) is 0 Å². The van der Waals surface area contributed by atoms with E-state index in [0.29, 0.717) is 24.3 Å². The van der Waals surface area contributed by atoms with Gasteiger partial charge in [0.1, 0.15) is 11.9 Å². The highest BCUT2D eigenvalue weighted by Crippen LogP contribution is 2.22. The van der Waals surface area contributed by atoms with Crippen molar-refractivity contribution in [2.24, 2.45) is 0 Å². The number of nitrogens with one attached hydrogen (secondary N) is 2. The molecule has 0 spiro atoms. The first-order valence-electron chi connectivity index (χ1n) is 8.10. The molecule has 2 amide bonds. The molecule has 0 aliphatic carbocycles. The van der Waals surface area contributed by atoms with Gasteiger partial charge in [-0.3, -0.25) is 4.79 Å². The van der Waals surface area contributed by atoms with E-state index in [1.807, 2.05) is 0 Å². The topological polar surface area (TPSA) is 106 Å². The molecule has 3 atom stereocenters. The molecule has 0 aromatic heterocycles. The molecular weight excluding hydrogens is 328 g/mol. The van der Waals surface area contributed by atoms with Crippen LogP contribution in [-0.2, 0) is 14.3 Å². The maximum Gasteiger partial charge on any atom is 0.319 e. The number of methoxy groups -OCH3 is 2. The Labute approximate surface area is 146 Å². The minimum Gasteiger partial charge on any atom is -0.497 e. The molecule has 1 aliphatic rings. The number of aliphatic hydroxyl groups excluding tert-OH is 1. The van der Waals surface area contributed by atoms with Crippen LogP contribution in [0.5, 0.6) is 5.75 Å². The molecule has 1 saturated heterocycles. The lowest BCUT2D eigenvalue weighted by Gasteiger charge is -2.35. The van der Waals surface area contributed by atoms with Crippen LogP contribution in [0.4, 0.5) is 10.5 Å². The number of hydrogen-bond donors (Lipinski definition) is 3. The third kappa shape index (κ3) is 5.61. The second-order valence-corrected chi connectivity index (χ2v) is 5.77. The van der Waals surface area contributed by atoms with Gasteiger partial charge in [-0.05, 0) is 37.1 Å². The van der Waals surface area contributed by atoms with Crippen LogP contribution in [-0.4, -0.2) is 56.2 Å². The Morgan fingerprint density at radius 3 is 2.56 bits per heavy atom. The fraction of sp³-hybridized carbons (Fsp3) is 0.529. The molecule has 0 unspecified atom stereocenters. The quantitative estimate of drug-likeness (QED) is 0.666. The highest BCUT2D eigenvalue weighted by Gasteiger charge is 2.33. The summed E-state index contributed by atoms with van der Waals surface area (Å²) in [6.45, 7) is -0.245. The lowest BCUT2D eigenvalue weighted by atomic mass is 9.97. The average Bonchev–Trinajstić information content (AvgIpc) is 2.63. The summed E-state index contributed by atoms with van der Waals surface area (Å²) >= 11 is 0. The lowest BCUT2D eigenvalue weighted by molar-refractivity contribution is -0.149. The van der Waals surface area contributed by atoms with E-state index >= 15 is 0 Å². The van der Waals surface area contributed by atoms with Crippen LogP contribution in [0, 0.1) is 0 Å². The number of hydrogen-bond acceptors (Lipinski definition) is 6. The van der Waals surface area contributed by atoms with E-state index in [1.54, 1.807) is 31.4 Å². The smallest absolute Gasteiger partial charge is 0.319 e. The third-order valence-corrected chi connectivity index (χ3v) is 4.08. The molecule has 1 aliphatic heterocycles. The summed E-state index contributed by atoms with van der Waals surface area (Å²) in [6, 6.07) is 6.22. The van der Waals surface area contributed by atoms with Crippen LogP contribution in [0.15, 0.2) is 24.3 Å². The predicted octanol–water partition coefficient (Wildman–Crippen LogP) is 1.29. The van der Waals surface area contributed by atoms with E-state index in [9.17, 15) is 14.7 Å². The number of urea groups is 1. The van der Waals surface area contributed by atoms with Gasteiger partial charge in [0, 0.05) is 5.69 Å². The Hall–Kier alpha value is -2.32. The number of carbonyl (C=O) groups is 2. The van der Waals surface area contributed by atoms with Crippen molar-refractivity contribution in [3.8, 4) is 5.75 Å². The van der Waals surface area contributed by atoms with Crippen LogP contribution >= 0.6 is 0 Å². The van der Waals surface area contributed by atoms with Crippen molar-refractivity contribution >= 4 is 17.7 Å². The largest absolute Gasteiger partial charge is 0.497 e. The number of ether oxygens (including phenoxy) is 3. The number of amides is 2. The van der Waals surface area contributed by atoms with E-state index in [1.165, 1.54) is 7.11 Å². The molecule has 1 heterocycles. The molecule has 25 heavy (non-hydrogen) atoms. The number of benzene rings is 1. The van der Waals surface area contributed by atoms with E-state index < -0.39 is 6.10 Å². The molecule has 1 fully saturated rings. The maximum absolute atomic E-state index is 12.1. The van der Waals surface area contributed by atoms with Crippen LogP contribution in [0.25, 0.3) is 0 Å². The molecule has 1 aromatic rings. The molecular formula is C17H24N2O6. The van der Waals surface area contributed by atoms with Gasteiger partial charge in [-0.25, -0.2) is 4.79 Å². The zero-order valence-electron chi connectivity index (χ0n) is 14.4. The van der Waals surface area contributed by atoms with Gasteiger partial charge in [0.25, 0.3) is 0 Å². The van der Waals surface area contributed by atoms with Crippen LogP contribution in [0.2, 0.25) is 0 Å². The van der Waals surface area contributed by atoms with Gasteiger partial charge in [-0.15, -0.1) is 0 Å². The average molecular weight is 352 g/mol. The van der Waals surface area contributed by atoms with E-state index in [-0.39, 0.29) is 37.2 Å². The third-order valence-electron chi connectivity index (χ3n) is 4.08. The summed E-state index contributed by atoms with van der Waals surface area (Å²) in [6.07, 6.45) is 0.456. The number of carbonyl (C=O) groups excluding carboxylic acids is 2. The summed E-state index contributed by atoms with van der Waals surface area (Å²) < 4.78 is 15.4. The summed E-state index contributed by atoms with van der Waals surface area (Å²) in [5.41, 5.74) is 0.624. The highest BCUT2D eigenvalue weighted by molar-refractivity contribution is 5.89. The second kappa shape index (κ2) is 9.24. The monoisotopic (exact) mass is 352 g/mol. The molecule has 2 rings (SSSR count). The first-order valence-corrected chi connectivity index (χ1v) is 8.10. The molecule has 0 saturated carbocycles.